The molecule has 0 radical (unpaired) electrons. The van der Waals surface area contributed by atoms with Gasteiger partial charge >= 0.3 is 13.6 Å². The summed E-state index contributed by atoms with van der Waals surface area (Å²) in [4.78, 5) is 22.9. The average molecular weight is 310 g/mol. The van der Waals surface area contributed by atoms with Crippen LogP contribution in [0.3, 0.4) is 0 Å². The van der Waals surface area contributed by atoms with Crippen molar-refractivity contribution in [1.82, 2.24) is 0 Å². The Labute approximate surface area is 119 Å². The number of esters is 1. The van der Waals surface area contributed by atoms with Gasteiger partial charge in [0, 0.05) is 20.6 Å². The van der Waals surface area contributed by atoms with E-state index in [1.54, 1.807) is 0 Å². The first-order valence-corrected chi connectivity index (χ1v) is 8.15. The number of Topliss-reactive ketones (excluding diaryl/α,β-unsaturated/α-hetero) is 1. The number of hydrogen-bond donors (Lipinski definition) is 1. The molecule has 118 valence electrons. The molecule has 0 aliphatic heterocycles. The fourth-order valence-electron chi connectivity index (χ4n) is 1.40. The first-order valence-electron chi connectivity index (χ1n) is 6.42. The van der Waals surface area contributed by atoms with Crippen molar-refractivity contribution in [3.05, 3.63) is 0 Å². The third kappa shape index (κ3) is 8.43. The van der Waals surface area contributed by atoms with Gasteiger partial charge in [-0.25, -0.2) is 0 Å². The molecule has 0 saturated carbocycles. The first kappa shape index (κ1) is 19.2. The second-order valence-electron chi connectivity index (χ2n) is 4.31. The van der Waals surface area contributed by atoms with Crippen molar-refractivity contribution in [1.29, 1.82) is 0 Å². The number of ether oxygens (including phenoxy) is 1. The van der Waals surface area contributed by atoms with E-state index in [1.807, 2.05) is 6.92 Å². The van der Waals surface area contributed by atoms with Gasteiger partial charge in [-0.05, 0) is 6.42 Å². The highest BCUT2D eigenvalue weighted by Crippen LogP contribution is 2.46. The van der Waals surface area contributed by atoms with Crippen molar-refractivity contribution >= 4 is 19.3 Å². The molecule has 0 aromatic heterocycles. The van der Waals surface area contributed by atoms with E-state index in [9.17, 15) is 19.3 Å². The lowest BCUT2D eigenvalue weighted by Gasteiger charge is -2.14. The zero-order valence-electron chi connectivity index (χ0n) is 12.2. The molecular formula is C12H23O7P. The molecule has 0 rings (SSSR count). The largest absolute Gasteiger partial charge is 0.466 e. The standard InChI is InChI=1S/C12H23O7P/c1-4-5-6-19-12(15)8-10(13)7-11(14)9-20(16,17-2)18-3/h10,13H,4-9H2,1-3H3/t10-/m0/s1. The normalized spacial score (nSPS) is 13.0. The molecule has 1 atom stereocenters. The lowest BCUT2D eigenvalue weighted by atomic mass is 10.1. The van der Waals surface area contributed by atoms with Crippen molar-refractivity contribution in [3.63, 3.8) is 0 Å². The molecule has 0 heterocycles. The summed E-state index contributed by atoms with van der Waals surface area (Å²) in [6.45, 7) is 2.27. The maximum atomic E-state index is 11.7. The van der Waals surface area contributed by atoms with Crippen LogP contribution in [0.15, 0.2) is 0 Å². The van der Waals surface area contributed by atoms with Gasteiger partial charge in [0.15, 0.2) is 0 Å². The Morgan fingerprint density at radius 1 is 1.20 bits per heavy atom. The Bertz CT molecular complexity index is 348. The maximum Gasteiger partial charge on any atom is 0.337 e. The van der Waals surface area contributed by atoms with E-state index in [0.29, 0.717) is 6.61 Å². The van der Waals surface area contributed by atoms with Gasteiger partial charge in [-0.15, -0.1) is 0 Å². The van der Waals surface area contributed by atoms with Crippen LogP contribution in [0.2, 0.25) is 0 Å². The minimum Gasteiger partial charge on any atom is -0.466 e. The molecule has 0 unspecified atom stereocenters. The van der Waals surface area contributed by atoms with E-state index in [2.05, 4.69) is 9.05 Å². The smallest absolute Gasteiger partial charge is 0.337 e. The van der Waals surface area contributed by atoms with Gasteiger partial charge in [-0.3, -0.25) is 14.2 Å². The van der Waals surface area contributed by atoms with Crippen LogP contribution >= 0.6 is 7.60 Å². The predicted molar refractivity (Wildman–Crippen MR) is 72.6 cm³/mol. The number of carbonyl (C=O) groups is 2. The molecule has 20 heavy (non-hydrogen) atoms. The summed E-state index contributed by atoms with van der Waals surface area (Å²) in [7, 11) is -1.07. The van der Waals surface area contributed by atoms with E-state index in [-0.39, 0.29) is 12.8 Å². The molecular weight excluding hydrogens is 287 g/mol. The summed E-state index contributed by atoms with van der Waals surface area (Å²) < 4.78 is 25.8. The highest BCUT2D eigenvalue weighted by Gasteiger charge is 2.27. The number of rotatable bonds is 11. The second kappa shape index (κ2) is 10.0. The molecule has 0 aromatic rings. The number of aliphatic hydroxyl groups excluding tert-OH is 1. The number of hydrogen-bond acceptors (Lipinski definition) is 7. The van der Waals surface area contributed by atoms with Crippen LogP contribution in [0.4, 0.5) is 0 Å². The minimum absolute atomic E-state index is 0.264. The van der Waals surface area contributed by atoms with Gasteiger partial charge in [-0.2, -0.15) is 0 Å². The van der Waals surface area contributed by atoms with Gasteiger partial charge < -0.3 is 18.9 Å². The van der Waals surface area contributed by atoms with Crippen molar-refractivity contribution in [3.8, 4) is 0 Å². The Balaban J connectivity index is 4.07. The van der Waals surface area contributed by atoms with Crippen LogP contribution in [0.1, 0.15) is 32.6 Å². The molecule has 8 heteroatoms. The van der Waals surface area contributed by atoms with Gasteiger partial charge in [0.2, 0.25) is 0 Å². The average Bonchev–Trinajstić information content (AvgIpc) is 2.38. The second-order valence-corrected chi connectivity index (χ2v) is 6.58. The van der Waals surface area contributed by atoms with Crippen LogP contribution in [0.25, 0.3) is 0 Å². The Morgan fingerprint density at radius 3 is 2.30 bits per heavy atom. The zero-order chi connectivity index (χ0) is 15.6. The molecule has 0 aliphatic rings. The van der Waals surface area contributed by atoms with E-state index in [4.69, 9.17) is 4.74 Å². The highest BCUT2D eigenvalue weighted by molar-refractivity contribution is 7.54. The molecule has 0 aromatic carbocycles. The van der Waals surface area contributed by atoms with Gasteiger partial charge in [-0.1, -0.05) is 13.3 Å². The van der Waals surface area contributed by atoms with Crippen molar-refractivity contribution in [2.75, 3.05) is 27.0 Å². The van der Waals surface area contributed by atoms with E-state index < -0.39 is 31.6 Å². The van der Waals surface area contributed by atoms with E-state index in [0.717, 1.165) is 12.8 Å². The molecule has 1 N–H and O–H groups in total. The SMILES string of the molecule is CCCCOC(=O)C[C@@H](O)CC(=O)CP(=O)(OC)OC. The topological polar surface area (TPSA) is 99.1 Å². The van der Waals surface area contributed by atoms with Crippen LogP contribution in [-0.4, -0.2) is 50.0 Å². The van der Waals surface area contributed by atoms with Crippen LogP contribution in [0.5, 0.6) is 0 Å². The molecule has 7 nitrogen and oxygen atoms in total. The summed E-state index contributed by atoms with van der Waals surface area (Å²) in [5.41, 5.74) is 0. The lowest BCUT2D eigenvalue weighted by molar-refractivity contribution is -0.146. The molecule has 0 fully saturated rings. The summed E-state index contributed by atoms with van der Waals surface area (Å²) in [5, 5.41) is 9.60. The van der Waals surface area contributed by atoms with Crippen LogP contribution in [-0.2, 0) is 27.9 Å². The fraction of sp³-hybridized carbons (Fsp3) is 0.833. The van der Waals surface area contributed by atoms with Crippen molar-refractivity contribution in [2.24, 2.45) is 0 Å². The molecule has 0 aliphatic carbocycles. The fourth-order valence-corrected chi connectivity index (χ4v) is 2.37. The lowest BCUT2D eigenvalue weighted by Crippen LogP contribution is -2.21. The number of ketones is 1. The monoisotopic (exact) mass is 310 g/mol. The van der Waals surface area contributed by atoms with Crippen LogP contribution in [0, 0.1) is 0 Å². The number of unbranched alkanes of at least 4 members (excludes halogenated alkanes) is 1. The summed E-state index contributed by atoms with van der Waals surface area (Å²) in [5.74, 6) is -1.05. The zero-order valence-corrected chi connectivity index (χ0v) is 13.1. The van der Waals surface area contributed by atoms with E-state index >= 15 is 0 Å². The highest BCUT2D eigenvalue weighted by atomic mass is 31.2. The number of aliphatic hydroxyl groups is 1. The van der Waals surface area contributed by atoms with Gasteiger partial charge in [0.25, 0.3) is 0 Å². The predicted octanol–water partition coefficient (Wildman–Crippen LogP) is 1.53. The summed E-state index contributed by atoms with van der Waals surface area (Å²) >= 11 is 0. The molecule has 0 spiro atoms. The van der Waals surface area contributed by atoms with Gasteiger partial charge in [0.1, 0.15) is 11.9 Å². The van der Waals surface area contributed by atoms with E-state index in [1.165, 1.54) is 14.2 Å². The van der Waals surface area contributed by atoms with Crippen LogP contribution < -0.4 is 0 Å². The quantitative estimate of drug-likeness (QED) is 0.351. The Kier molecular flexibility index (Phi) is 9.67. The van der Waals surface area contributed by atoms with Gasteiger partial charge in [0.05, 0.1) is 19.1 Å². The first-order chi connectivity index (χ1) is 9.36. The number of carbonyl (C=O) groups excluding carboxylic acids is 2. The summed E-state index contributed by atoms with van der Waals surface area (Å²) in [6, 6.07) is 0. The maximum absolute atomic E-state index is 11.7. The summed E-state index contributed by atoms with van der Waals surface area (Å²) in [6.07, 6.45) is -0.483. The molecule has 0 saturated heterocycles. The third-order valence-corrected chi connectivity index (χ3v) is 4.41. The minimum atomic E-state index is -3.43. The Hall–Kier alpha value is -0.750. The van der Waals surface area contributed by atoms with Crippen molar-refractivity contribution in [2.45, 2.75) is 38.7 Å². The molecule has 0 amide bonds. The molecule has 0 bridgehead atoms. The Morgan fingerprint density at radius 2 is 1.80 bits per heavy atom. The third-order valence-electron chi connectivity index (χ3n) is 2.55. The van der Waals surface area contributed by atoms with Crippen molar-refractivity contribution < 1.29 is 33.0 Å².